The van der Waals surface area contributed by atoms with Gasteiger partial charge in [0.2, 0.25) is 5.91 Å². The SMILES string of the molecule is C[C@]12CC[C@H](OC(=O)OCCN3CCNC(=O)C3)C[C@H]1CC[C@H]1C3=CC[C@H](c4ccc(=O)oc4)[C@@]3(C)CC[C@@H]12. The molecule has 0 radical (unpaired) electrons. The van der Waals surface area contributed by atoms with E-state index in [0.717, 1.165) is 44.2 Å². The number of nitrogens with zero attached hydrogens (tertiary/aromatic N) is 1. The van der Waals surface area contributed by atoms with Crippen molar-refractivity contribution in [1.29, 1.82) is 0 Å². The average molecular weight is 539 g/mol. The normalized spacial score (nSPS) is 38.1. The summed E-state index contributed by atoms with van der Waals surface area (Å²) in [5.41, 5.74) is 2.90. The molecule has 1 aromatic heterocycles. The molecule has 212 valence electrons. The molecule has 1 aromatic rings. The Bertz CT molecular complexity index is 1170. The molecule has 0 bridgehead atoms. The van der Waals surface area contributed by atoms with Gasteiger partial charge in [-0.05, 0) is 97.5 Å². The number of nitrogens with one attached hydrogen (secondary N) is 1. The van der Waals surface area contributed by atoms with Gasteiger partial charge >= 0.3 is 11.8 Å². The van der Waals surface area contributed by atoms with Crippen LogP contribution in [0.4, 0.5) is 4.79 Å². The summed E-state index contributed by atoms with van der Waals surface area (Å²) < 4.78 is 16.4. The van der Waals surface area contributed by atoms with Gasteiger partial charge in [0.25, 0.3) is 0 Å². The molecule has 6 rings (SSSR count). The fourth-order valence-electron chi connectivity index (χ4n) is 9.04. The van der Waals surface area contributed by atoms with Gasteiger partial charge in [-0.2, -0.15) is 0 Å². The fourth-order valence-corrected chi connectivity index (χ4v) is 9.04. The number of amides is 1. The number of carbonyl (C=O) groups is 2. The molecular weight excluding hydrogens is 496 g/mol. The highest BCUT2D eigenvalue weighted by Crippen LogP contribution is 2.67. The van der Waals surface area contributed by atoms with E-state index in [-0.39, 0.29) is 35.1 Å². The highest BCUT2D eigenvalue weighted by molar-refractivity contribution is 5.78. The van der Waals surface area contributed by atoms with Gasteiger partial charge in [0.05, 0.1) is 12.8 Å². The quantitative estimate of drug-likeness (QED) is 0.431. The van der Waals surface area contributed by atoms with Crippen LogP contribution in [0.2, 0.25) is 0 Å². The van der Waals surface area contributed by atoms with Crippen LogP contribution in [0.15, 0.2) is 39.3 Å². The Kier molecular flexibility index (Phi) is 7.11. The molecule has 2 heterocycles. The maximum Gasteiger partial charge on any atom is 0.508 e. The molecule has 3 saturated carbocycles. The second-order valence-corrected chi connectivity index (χ2v) is 13.0. The van der Waals surface area contributed by atoms with Crippen molar-refractivity contribution in [1.82, 2.24) is 10.2 Å². The van der Waals surface area contributed by atoms with Crippen LogP contribution in [0, 0.1) is 28.6 Å². The minimum Gasteiger partial charge on any atom is -0.433 e. The Morgan fingerprint density at radius 3 is 2.82 bits per heavy atom. The van der Waals surface area contributed by atoms with E-state index in [1.165, 1.54) is 19.3 Å². The van der Waals surface area contributed by atoms with Crippen molar-refractivity contribution in [3.05, 3.63) is 46.0 Å². The first-order chi connectivity index (χ1) is 18.8. The van der Waals surface area contributed by atoms with Crippen molar-refractivity contribution < 1.29 is 23.5 Å². The Hall–Kier alpha value is -2.61. The molecule has 1 aliphatic heterocycles. The smallest absolute Gasteiger partial charge is 0.433 e. The molecule has 8 heteroatoms. The predicted octanol–water partition coefficient (Wildman–Crippen LogP) is 4.64. The second-order valence-electron chi connectivity index (χ2n) is 13.0. The van der Waals surface area contributed by atoms with E-state index in [0.29, 0.717) is 43.3 Å². The fraction of sp³-hybridized carbons (Fsp3) is 0.710. The average Bonchev–Trinajstić information content (AvgIpc) is 3.27. The molecule has 1 saturated heterocycles. The first kappa shape index (κ1) is 26.6. The van der Waals surface area contributed by atoms with Crippen LogP contribution in [0.25, 0.3) is 0 Å². The third kappa shape index (κ3) is 4.94. The molecule has 1 N–H and O–H groups in total. The molecule has 0 unspecified atom stereocenters. The molecule has 39 heavy (non-hydrogen) atoms. The van der Waals surface area contributed by atoms with Gasteiger partial charge in [0, 0.05) is 25.7 Å². The van der Waals surface area contributed by atoms with Crippen molar-refractivity contribution in [3.63, 3.8) is 0 Å². The minimum atomic E-state index is -0.578. The minimum absolute atomic E-state index is 0.0153. The number of piperazine rings is 1. The van der Waals surface area contributed by atoms with E-state index in [1.54, 1.807) is 17.9 Å². The van der Waals surface area contributed by atoms with Crippen LogP contribution in [-0.4, -0.2) is 55.9 Å². The predicted molar refractivity (Wildman–Crippen MR) is 145 cm³/mol. The van der Waals surface area contributed by atoms with Crippen LogP contribution < -0.4 is 10.9 Å². The van der Waals surface area contributed by atoms with Gasteiger partial charge in [-0.15, -0.1) is 0 Å². The Balaban J connectivity index is 1.04. The van der Waals surface area contributed by atoms with Gasteiger partial charge in [-0.1, -0.05) is 25.5 Å². The second kappa shape index (κ2) is 10.4. The summed E-state index contributed by atoms with van der Waals surface area (Å²) in [6.45, 7) is 7.48. The van der Waals surface area contributed by atoms with Crippen LogP contribution in [-0.2, 0) is 14.3 Å². The van der Waals surface area contributed by atoms with Crippen molar-refractivity contribution in [2.45, 2.75) is 77.2 Å². The van der Waals surface area contributed by atoms with E-state index < -0.39 is 6.16 Å². The number of hydrogen-bond acceptors (Lipinski definition) is 7. The number of fused-ring (bicyclic) bond motifs is 5. The lowest BCUT2D eigenvalue weighted by atomic mass is 9.46. The molecule has 0 spiro atoms. The highest BCUT2D eigenvalue weighted by Gasteiger charge is 2.58. The molecule has 4 aliphatic carbocycles. The maximum absolute atomic E-state index is 12.4. The standard InChI is InChI=1S/C31H42N2O6/c1-30-11-9-22(39-29(36)37-16-15-33-14-13-32-27(34)18-33)17-21(30)4-5-23-25-7-6-24(20-3-8-28(35)38-19-20)31(25,2)12-10-26(23)30/h3,7-8,19,21-24,26H,4-6,9-18H2,1-2H3,(H,32,34)/t21-,22+,23+,24-,26+,30+,31-/m1/s1. The van der Waals surface area contributed by atoms with Crippen LogP contribution in [0.1, 0.15) is 76.7 Å². The van der Waals surface area contributed by atoms with Gasteiger partial charge in [0.15, 0.2) is 0 Å². The molecule has 5 aliphatic rings. The van der Waals surface area contributed by atoms with Crippen LogP contribution in [0.3, 0.4) is 0 Å². The summed E-state index contributed by atoms with van der Waals surface area (Å²) in [6.07, 6.45) is 12.2. The summed E-state index contributed by atoms with van der Waals surface area (Å²) in [4.78, 5) is 37.5. The van der Waals surface area contributed by atoms with Crippen molar-refractivity contribution >= 4 is 12.1 Å². The van der Waals surface area contributed by atoms with E-state index in [1.807, 2.05) is 11.0 Å². The zero-order valence-electron chi connectivity index (χ0n) is 23.3. The van der Waals surface area contributed by atoms with Crippen molar-refractivity contribution in [3.8, 4) is 0 Å². The topological polar surface area (TPSA) is 98.1 Å². The Morgan fingerprint density at radius 2 is 2.03 bits per heavy atom. The maximum atomic E-state index is 12.4. The number of hydrogen-bond donors (Lipinski definition) is 1. The number of allylic oxidation sites excluding steroid dienone is 2. The third-order valence-corrected chi connectivity index (χ3v) is 11.2. The summed E-state index contributed by atoms with van der Waals surface area (Å²) in [6, 6.07) is 3.51. The third-order valence-electron chi connectivity index (χ3n) is 11.2. The summed E-state index contributed by atoms with van der Waals surface area (Å²) >= 11 is 0. The number of rotatable bonds is 5. The van der Waals surface area contributed by atoms with Crippen molar-refractivity contribution in [2.24, 2.45) is 28.6 Å². The molecule has 1 amide bonds. The number of ether oxygens (including phenoxy) is 2. The molecule has 8 nitrogen and oxygen atoms in total. The first-order valence-corrected chi connectivity index (χ1v) is 14.9. The molecule has 0 aromatic carbocycles. The summed E-state index contributed by atoms with van der Waals surface area (Å²) in [7, 11) is 0. The van der Waals surface area contributed by atoms with E-state index in [4.69, 9.17) is 13.9 Å². The zero-order chi connectivity index (χ0) is 27.2. The lowest BCUT2D eigenvalue weighted by molar-refractivity contribution is -0.124. The lowest BCUT2D eigenvalue weighted by Crippen LogP contribution is -2.52. The molecule has 4 fully saturated rings. The molecular formula is C31H42N2O6. The summed E-state index contributed by atoms with van der Waals surface area (Å²) in [5, 5.41) is 2.80. The van der Waals surface area contributed by atoms with E-state index in [2.05, 4.69) is 25.2 Å². The van der Waals surface area contributed by atoms with Crippen molar-refractivity contribution in [2.75, 3.05) is 32.8 Å². The largest absolute Gasteiger partial charge is 0.508 e. The Morgan fingerprint density at radius 1 is 1.15 bits per heavy atom. The van der Waals surface area contributed by atoms with Gasteiger partial charge in [-0.3, -0.25) is 9.69 Å². The molecule has 7 atom stereocenters. The van der Waals surface area contributed by atoms with Crippen LogP contribution >= 0.6 is 0 Å². The Labute approximate surface area is 230 Å². The van der Waals surface area contributed by atoms with E-state index in [9.17, 15) is 14.4 Å². The van der Waals surface area contributed by atoms with Gasteiger partial charge in [0.1, 0.15) is 12.7 Å². The first-order valence-electron chi connectivity index (χ1n) is 14.9. The van der Waals surface area contributed by atoms with E-state index >= 15 is 0 Å². The summed E-state index contributed by atoms with van der Waals surface area (Å²) in [5.74, 6) is 2.23. The van der Waals surface area contributed by atoms with Gasteiger partial charge in [-0.25, -0.2) is 9.59 Å². The van der Waals surface area contributed by atoms with Crippen LogP contribution in [0.5, 0.6) is 0 Å². The number of carbonyl (C=O) groups excluding carboxylic acids is 2. The van der Waals surface area contributed by atoms with Gasteiger partial charge < -0.3 is 19.2 Å². The lowest BCUT2D eigenvalue weighted by Gasteiger charge is -2.59. The zero-order valence-corrected chi connectivity index (χ0v) is 23.3. The monoisotopic (exact) mass is 538 g/mol. The highest BCUT2D eigenvalue weighted by atomic mass is 16.7.